The predicted octanol–water partition coefficient (Wildman–Crippen LogP) is 1.99. The Balaban J connectivity index is 4.35. The van der Waals surface area contributed by atoms with E-state index >= 15 is 0 Å². The summed E-state index contributed by atoms with van der Waals surface area (Å²) in [6, 6.07) is -0.326. The minimum Gasteiger partial charge on any atom is -0.460 e. The van der Waals surface area contributed by atoms with Gasteiger partial charge in [0.05, 0.1) is 6.04 Å². The Kier molecular flexibility index (Phi) is 8.46. The van der Waals surface area contributed by atoms with Crippen molar-refractivity contribution in [3.05, 3.63) is 0 Å². The maximum Gasteiger partial charge on any atom is 0.306 e. The van der Waals surface area contributed by atoms with Crippen LogP contribution in [0, 0.1) is 5.92 Å². The largest absolute Gasteiger partial charge is 0.460 e. The van der Waals surface area contributed by atoms with E-state index in [1.54, 1.807) is 0 Å². The van der Waals surface area contributed by atoms with Gasteiger partial charge in [-0.2, -0.15) is 0 Å². The van der Waals surface area contributed by atoms with Gasteiger partial charge in [0.15, 0.2) is 0 Å². The topological polar surface area (TPSA) is 81.4 Å². The molecule has 0 heterocycles. The van der Waals surface area contributed by atoms with Crippen molar-refractivity contribution >= 4 is 11.9 Å². The van der Waals surface area contributed by atoms with E-state index in [1.807, 2.05) is 27.7 Å². The van der Waals surface area contributed by atoms with E-state index in [9.17, 15) is 9.59 Å². The highest BCUT2D eigenvalue weighted by atomic mass is 16.6. The van der Waals surface area contributed by atoms with Gasteiger partial charge in [-0.15, -0.1) is 0 Å². The molecule has 0 saturated heterocycles. The summed E-state index contributed by atoms with van der Waals surface area (Å²) in [5.74, 6) is -0.367. The number of carbonyl (C=O) groups is 2. The van der Waals surface area contributed by atoms with Gasteiger partial charge in [-0.25, -0.2) is 0 Å². The molecule has 0 aliphatic rings. The minimum absolute atomic E-state index is 0.170. The van der Waals surface area contributed by atoms with Gasteiger partial charge in [0, 0.05) is 6.42 Å². The lowest BCUT2D eigenvalue weighted by Gasteiger charge is -2.23. The zero-order valence-corrected chi connectivity index (χ0v) is 13.5. The summed E-state index contributed by atoms with van der Waals surface area (Å²) in [5, 5.41) is 3.14. The van der Waals surface area contributed by atoms with Gasteiger partial charge in [0.1, 0.15) is 5.60 Å². The Hall–Kier alpha value is -1.10. The second-order valence-corrected chi connectivity index (χ2v) is 6.22. The first-order valence-electron chi connectivity index (χ1n) is 7.44. The van der Waals surface area contributed by atoms with Gasteiger partial charge in [-0.1, -0.05) is 20.3 Å². The number of carbonyl (C=O) groups excluding carboxylic acids is 2. The highest BCUT2D eigenvalue weighted by Gasteiger charge is 2.21. The molecule has 0 fully saturated rings. The highest BCUT2D eigenvalue weighted by molar-refractivity contribution is 5.79. The molecule has 0 radical (unpaired) electrons. The van der Waals surface area contributed by atoms with Crippen molar-refractivity contribution in [2.24, 2.45) is 11.7 Å². The third-order valence-corrected chi connectivity index (χ3v) is 2.98. The number of hydrogen-bond acceptors (Lipinski definition) is 4. The van der Waals surface area contributed by atoms with Crippen LogP contribution in [-0.4, -0.2) is 30.1 Å². The first-order valence-corrected chi connectivity index (χ1v) is 7.44. The van der Waals surface area contributed by atoms with Crippen molar-refractivity contribution in [3.8, 4) is 0 Å². The molecule has 2 unspecified atom stereocenters. The van der Waals surface area contributed by atoms with E-state index in [-0.39, 0.29) is 23.8 Å². The summed E-state index contributed by atoms with van der Waals surface area (Å²) >= 11 is 0. The van der Waals surface area contributed by atoms with Crippen LogP contribution in [0.15, 0.2) is 0 Å². The summed E-state index contributed by atoms with van der Waals surface area (Å²) in [6.45, 7) is 10.2. The predicted molar refractivity (Wildman–Crippen MR) is 80.1 cm³/mol. The number of rotatable bonds is 9. The van der Waals surface area contributed by atoms with Crippen molar-refractivity contribution in [2.45, 2.75) is 71.9 Å². The van der Waals surface area contributed by atoms with Gasteiger partial charge in [-0.3, -0.25) is 9.59 Å². The van der Waals surface area contributed by atoms with Crippen molar-refractivity contribution in [1.29, 1.82) is 0 Å². The molecular weight excluding hydrogens is 256 g/mol. The van der Waals surface area contributed by atoms with Crippen molar-refractivity contribution < 1.29 is 14.3 Å². The summed E-state index contributed by atoms with van der Waals surface area (Å²) in [4.78, 5) is 23.0. The molecule has 0 aromatic heterocycles. The van der Waals surface area contributed by atoms with Crippen LogP contribution in [0.5, 0.6) is 0 Å². The van der Waals surface area contributed by atoms with Crippen molar-refractivity contribution in [1.82, 2.24) is 5.32 Å². The molecule has 0 aromatic rings. The molecular formula is C15H30N2O3. The Morgan fingerprint density at radius 2 is 1.85 bits per heavy atom. The van der Waals surface area contributed by atoms with Crippen molar-refractivity contribution in [2.75, 3.05) is 6.54 Å². The zero-order valence-electron chi connectivity index (χ0n) is 13.5. The fourth-order valence-electron chi connectivity index (χ4n) is 2.06. The van der Waals surface area contributed by atoms with Crippen LogP contribution in [0.3, 0.4) is 0 Å². The lowest BCUT2D eigenvalue weighted by atomic mass is 9.99. The van der Waals surface area contributed by atoms with Crippen LogP contribution in [-0.2, 0) is 14.3 Å². The van der Waals surface area contributed by atoms with Crippen LogP contribution in [0.1, 0.15) is 60.3 Å². The normalized spacial score (nSPS) is 14.7. The molecule has 5 nitrogen and oxygen atoms in total. The van der Waals surface area contributed by atoms with E-state index in [2.05, 4.69) is 12.2 Å². The summed E-state index contributed by atoms with van der Waals surface area (Å²) in [7, 11) is 0. The minimum atomic E-state index is -0.458. The monoisotopic (exact) mass is 286 g/mol. The lowest BCUT2D eigenvalue weighted by molar-refractivity contribution is -0.156. The molecule has 0 bridgehead atoms. The summed E-state index contributed by atoms with van der Waals surface area (Å²) in [5.41, 5.74) is 4.84. The molecule has 5 heteroatoms. The number of hydrogen-bond donors (Lipinski definition) is 2. The molecule has 2 atom stereocenters. The van der Waals surface area contributed by atoms with Crippen LogP contribution in [0.4, 0.5) is 0 Å². The molecule has 0 spiro atoms. The molecule has 3 N–H and O–H groups in total. The maximum atomic E-state index is 11.9. The quantitative estimate of drug-likeness (QED) is 0.635. The van der Waals surface area contributed by atoms with Gasteiger partial charge < -0.3 is 15.8 Å². The lowest BCUT2D eigenvalue weighted by Crippen LogP contribution is -2.43. The van der Waals surface area contributed by atoms with E-state index in [0.29, 0.717) is 19.4 Å². The molecule has 0 aromatic carbocycles. The smallest absolute Gasteiger partial charge is 0.306 e. The Morgan fingerprint density at radius 1 is 1.25 bits per heavy atom. The van der Waals surface area contributed by atoms with Gasteiger partial charge in [0.2, 0.25) is 5.91 Å². The van der Waals surface area contributed by atoms with Crippen LogP contribution < -0.4 is 11.1 Å². The second kappa shape index (κ2) is 8.95. The van der Waals surface area contributed by atoms with E-state index in [4.69, 9.17) is 10.5 Å². The number of primary amides is 1. The van der Waals surface area contributed by atoms with E-state index in [0.717, 1.165) is 12.8 Å². The number of nitrogens with two attached hydrogens (primary N) is 1. The summed E-state index contributed by atoms with van der Waals surface area (Å²) in [6.07, 6.45) is 2.93. The summed E-state index contributed by atoms with van der Waals surface area (Å²) < 4.78 is 5.34. The Morgan fingerprint density at radius 3 is 2.25 bits per heavy atom. The molecule has 0 aliphatic heterocycles. The Bertz CT molecular complexity index is 311. The van der Waals surface area contributed by atoms with Crippen molar-refractivity contribution in [3.63, 3.8) is 0 Å². The zero-order chi connectivity index (χ0) is 15.8. The SMILES string of the molecule is CCCC(CNC(CC)C(N)=O)CC(=O)OC(C)(C)C. The fraction of sp³-hybridized carbons (Fsp3) is 0.867. The molecule has 20 heavy (non-hydrogen) atoms. The Labute approximate surface area is 122 Å². The average molecular weight is 286 g/mol. The first kappa shape index (κ1) is 18.9. The fourth-order valence-corrected chi connectivity index (χ4v) is 2.06. The average Bonchev–Trinajstić information content (AvgIpc) is 2.26. The molecule has 1 amide bonds. The van der Waals surface area contributed by atoms with Gasteiger partial charge in [0.25, 0.3) is 0 Å². The third-order valence-electron chi connectivity index (χ3n) is 2.98. The standard InChI is InChI=1S/C15H30N2O3/c1-6-8-11(9-13(18)20-15(3,4)5)10-17-12(7-2)14(16)19/h11-12,17H,6-10H2,1-5H3,(H2,16,19). The maximum absolute atomic E-state index is 11.9. The van der Waals surface area contributed by atoms with Crippen LogP contribution in [0.2, 0.25) is 0 Å². The van der Waals surface area contributed by atoms with Crippen LogP contribution >= 0.6 is 0 Å². The molecule has 0 aliphatic carbocycles. The van der Waals surface area contributed by atoms with E-state index in [1.165, 1.54) is 0 Å². The molecule has 0 rings (SSSR count). The number of amides is 1. The highest BCUT2D eigenvalue weighted by Crippen LogP contribution is 2.15. The molecule has 118 valence electrons. The first-order chi connectivity index (χ1) is 9.19. The van der Waals surface area contributed by atoms with Gasteiger partial charge in [-0.05, 0) is 46.1 Å². The number of esters is 1. The van der Waals surface area contributed by atoms with Crippen LogP contribution in [0.25, 0.3) is 0 Å². The van der Waals surface area contributed by atoms with E-state index < -0.39 is 5.60 Å². The van der Waals surface area contributed by atoms with Gasteiger partial charge >= 0.3 is 5.97 Å². The molecule has 0 saturated carbocycles. The number of ether oxygens (including phenoxy) is 1. The second-order valence-electron chi connectivity index (χ2n) is 6.22. The number of nitrogens with one attached hydrogen (secondary N) is 1. The third kappa shape index (κ3) is 8.91.